The number of likely N-dealkylation sites (tertiary alicyclic amines) is 1. The van der Waals surface area contributed by atoms with E-state index in [2.05, 4.69) is 67.7 Å². The molecule has 1 aliphatic rings. The van der Waals surface area contributed by atoms with E-state index in [-0.39, 0.29) is 11.8 Å². The van der Waals surface area contributed by atoms with Crippen LogP contribution < -0.4 is 5.73 Å². The number of amides is 1. The van der Waals surface area contributed by atoms with E-state index in [1.54, 1.807) is 0 Å². The molecule has 3 aromatic rings. The fourth-order valence-corrected chi connectivity index (χ4v) is 5.43. The summed E-state index contributed by atoms with van der Waals surface area (Å²) in [7, 11) is 2.32. The number of rotatable bonds is 8. The molecule has 4 rings (SSSR count). The van der Waals surface area contributed by atoms with E-state index in [1.165, 1.54) is 5.56 Å². The third-order valence-corrected chi connectivity index (χ3v) is 7.08. The molecule has 2 atom stereocenters. The number of quaternary nitrogens is 1. The van der Waals surface area contributed by atoms with Gasteiger partial charge in [0.05, 0.1) is 26.7 Å². The summed E-state index contributed by atoms with van der Waals surface area (Å²) in [5.41, 5.74) is 8.66. The van der Waals surface area contributed by atoms with Crippen molar-refractivity contribution in [2.45, 2.75) is 18.3 Å². The lowest BCUT2D eigenvalue weighted by molar-refractivity contribution is -0.898. The largest absolute Gasteiger partial charge is 0.369 e. The van der Waals surface area contributed by atoms with Crippen LogP contribution in [0.3, 0.4) is 0 Å². The fourth-order valence-electron chi connectivity index (χ4n) is 5.43. The molecule has 0 aromatic heterocycles. The van der Waals surface area contributed by atoms with Crippen LogP contribution in [0.15, 0.2) is 97.1 Å². The zero-order valence-corrected chi connectivity index (χ0v) is 18.9. The van der Waals surface area contributed by atoms with Crippen LogP contribution in [0, 0.1) is 5.92 Å². The van der Waals surface area contributed by atoms with Crippen LogP contribution in [-0.2, 0) is 10.2 Å². The van der Waals surface area contributed by atoms with E-state index in [4.69, 9.17) is 5.73 Å². The van der Waals surface area contributed by atoms with E-state index >= 15 is 0 Å². The van der Waals surface area contributed by atoms with Gasteiger partial charge < -0.3 is 10.2 Å². The summed E-state index contributed by atoms with van der Waals surface area (Å²) in [4.78, 5) is 13.2. The summed E-state index contributed by atoms with van der Waals surface area (Å²) >= 11 is 0. The highest BCUT2D eigenvalue weighted by Crippen LogP contribution is 2.45. The molecule has 0 aliphatic carbocycles. The third-order valence-electron chi connectivity index (χ3n) is 7.08. The average molecular weight is 426 g/mol. The lowest BCUT2D eigenvalue weighted by atomic mass is 9.64. The molecule has 3 aromatic carbocycles. The van der Waals surface area contributed by atoms with Crippen molar-refractivity contribution < 1.29 is 9.28 Å². The maximum Gasteiger partial charge on any atom is 0.233 e. The van der Waals surface area contributed by atoms with Gasteiger partial charge in [0.15, 0.2) is 0 Å². The van der Waals surface area contributed by atoms with Gasteiger partial charge in [0.2, 0.25) is 5.91 Å². The Morgan fingerprint density at radius 1 is 0.938 bits per heavy atom. The maximum atomic E-state index is 13.2. The Hall–Kier alpha value is -3.17. The van der Waals surface area contributed by atoms with Gasteiger partial charge in [0.25, 0.3) is 0 Å². The molecule has 164 valence electrons. The van der Waals surface area contributed by atoms with Crippen molar-refractivity contribution in [2.24, 2.45) is 11.7 Å². The van der Waals surface area contributed by atoms with E-state index in [9.17, 15) is 4.79 Å². The topological polar surface area (TPSA) is 43.1 Å². The highest BCUT2D eigenvalue weighted by molar-refractivity contribution is 5.91. The highest BCUT2D eigenvalue weighted by Gasteiger charge is 2.53. The SMILES string of the molecule is C[N@+]1(CCC=Cc2ccccc2)CCC(C(C(N)=O)(c2ccccc2)c2ccccc2)C1. The van der Waals surface area contributed by atoms with Gasteiger partial charge in [0, 0.05) is 18.8 Å². The Morgan fingerprint density at radius 3 is 2.00 bits per heavy atom. The molecular formula is C29H33N2O+. The average Bonchev–Trinajstić information content (AvgIpc) is 3.21. The van der Waals surface area contributed by atoms with Crippen LogP contribution in [0.4, 0.5) is 0 Å². The van der Waals surface area contributed by atoms with E-state index in [0.717, 1.165) is 48.1 Å². The van der Waals surface area contributed by atoms with Gasteiger partial charge in [-0.25, -0.2) is 0 Å². The number of carbonyl (C=O) groups is 1. The summed E-state index contributed by atoms with van der Waals surface area (Å²) in [6.07, 6.45) is 6.45. The quantitative estimate of drug-likeness (QED) is 0.506. The molecule has 3 nitrogen and oxygen atoms in total. The van der Waals surface area contributed by atoms with Crippen molar-refractivity contribution >= 4 is 12.0 Å². The summed E-state index contributed by atoms with van der Waals surface area (Å²) in [5.74, 6) is -0.0924. The lowest BCUT2D eigenvalue weighted by Gasteiger charge is -2.38. The molecule has 0 radical (unpaired) electrons. The highest BCUT2D eigenvalue weighted by atomic mass is 16.1. The van der Waals surface area contributed by atoms with Crippen LogP contribution in [0.25, 0.3) is 6.08 Å². The van der Waals surface area contributed by atoms with Gasteiger partial charge in [-0.1, -0.05) is 103 Å². The van der Waals surface area contributed by atoms with Gasteiger partial charge in [0.1, 0.15) is 5.41 Å². The predicted molar refractivity (Wildman–Crippen MR) is 132 cm³/mol. The fraction of sp³-hybridized carbons (Fsp3) is 0.276. The molecule has 1 heterocycles. The molecule has 1 fully saturated rings. The summed E-state index contributed by atoms with van der Waals surface area (Å²) in [6.45, 7) is 3.04. The Bertz CT molecular complexity index is 1010. The molecule has 1 amide bonds. The Morgan fingerprint density at radius 2 is 1.47 bits per heavy atom. The molecular weight excluding hydrogens is 392 g/mol. The first-order valence-electron chi connectivity index (χ1n) is 11.5. The summed E-state index contributed by atoms with van der Waals surface area (Å²) < 4.78 is 0.957. The summed E-state index contributed by atoms with van der Waals surface area (Å²) in [6, 6.07) is 30.7. The molecule has 0 saturated carbocycles. The van der Waals surface area contributed by atoms with Gasteiger partial charge in [-0.05, 0) is 16.7 Å². The van der Waals surface area contributed by atoms with Crippen LogP contribution in [0.5, 0.6) is 0 Å². The minimum absolute atomic E-state index is 0.160. The molecule has 1 unspecified atom stereocenters. The number of benzene rings is 3. The second-order valence-electron chi connectivity index (χ2n) is 9.24. The van der Waals surface area contributed by atoms with Crippen molar-refractivity contribution in [1.29, 1.82) is 0 Å². The molecule has 0 spiro atoms. The zero-order valence-electron chi connectivity index (χ0n) is 18.9. The zero-order chi connectivity index (χ0) is 22.4. The first-order chi connectivity index (χ1) is 15.5. The van der Waals surface area contributed by atoms with Crippen LogP contribution in [-0.4, -0.2) is 37.1 Å². The molecule has 2 N–H and O–H groups in total. The molecule has 1 aliphatic heterocycles. The van der Waals surface area contributed by atoms with Crippen molar-refractivity contribution in [2.75, 3.05) is 26.7 Å². The minimum atomic E-state index is -0.807. The van der Waals surface area contributed by atoms with Gasteiger partial charge in [-0.2, -0.15) is 0 Å². The van der Waals surface area contributed by atoms with E-state index in [0.29, 0.717) is 0 Å². The normalized spacial score (nSPS) is 21.1. The molecule has 3 heteroatoms. The Balaban J connectivity index is 1.58. The lowest BCUT2D eigenvalue weighted by Crippen LogP contribution is -2.51. The van der Waals surface area contributed by atoms with Crippen LogP contribution >= 0.6 is 0 Å². The summed E-state index contributed by atoms with van der Waals surface area (Å²) in [5, 5.41) is 0. The van der Waals surface area contributed by atoms with Crippen LogP contribution in [0.1, 0.15) is 29.5 Å². The van der Waals surface area contributed by atoms with E-state index < -0.39 is 5.41 Å². The van der Waals surface area contributed by atoms with Gasteiger partial charge in [-0.3, -0.25) is 4.79 Å². The molecule has 32 heavy (non-hydrogen) atoms. The second kappa shape index (κ2) is 9.54. The Kier molecular flexibility index (Phi) is 6.57. The first-order valence-corrected chi connectivity index (χ1v) is 11.5. The third kappa shape index (κ3) is 4.39. The standard InChI is InChI=1S/C29H32N2O/c1-31(21-12-11-15-24-13-5-2-6-14-24)22-20-27(23-31)29(28(30)32,25-16-7-3-8-17-25)26-18-9-4-10-19-26/h2-11,13-19,27H,12,20-23H2,1H3,(H-,30,32)/p+1/t27?,31-/m0/s1. The van der Waals surface area contributed by atoms with E-state index in [1.807, 2.05) is 42.5 Å². The van der Waals surface area contributed by atoms with Crippen molar-refractivity contribution in [3.8, 4) is 0 Å². The predicted octanol–water partition coefficient (Wildman–Crippen LogP) is 5.03. The number of hydrogen-bond donors (Lipinski definition) is 1. The number of carbonyl (C=O) groups excluding carboxylic acids is 1. The van der Waals surface area contributed by atoms with Crippen molar-refractivity contribution in [1.82, 2.24) is 0 Å². The number of nitrogens with two attached hydrogens (primary N) is 1. The number of nitrogens with zero attached hydrogens (tertiary/aromatic N) is 1. The minimum Gasteiger partial charge on any atom is -0.369 e. The first kappa shape index (κ1) is 22.0. The monoisotopic (exact) mass is 425 g/mol. The maximum absolute atomic E-state index is 13.2. The van der Waals surface area contributed by atoms with Crippen LogP contribution in [0.2, 0.25) is 0 Å². The second-order valence-corrected chi connectivity index (χ2v) is 9.24. The van der Waals surface area contributed by atoms with Gasteiger partial charge >= 0.3 is 0 Å². The number of primary amides is 1. The van der Waals surface area contributed by atoms with Crippen molar-refractivity contribution in [3.05, 3.63) is 114 Å². The molecule has 1 saturated heterocycles. The number of hydrogen-bond acceptors (Lipinski definition) is 1. The smallest absolute Gasteiger partial charge is 0.233 e. The Labute approximate surface area is 191 Å². The molecule has 0 bridgehead atoms. The van der Waals surface area contributed by atoms with Crippen molar-refractivity contribution in [3.63, 3.8) is 0 Å². The van der Waals surface area contributed by atoms with Gasteiger partial charge in [-0.15, -0.1) is 0 Å².